The highest BCUT2D eigenvalue weighted by atomic mass is 32.2. The molecule has 0 radical (unpaired) electrons. The smallest absolute Gasteiger partial charge is 0.210 e. The van der Waals surface area contributed by atoms with Gasteiger partial charge in [0.15, 0.2) is 5.82 Å². The number of nitrogens with zero attached hydrogens (tertiary/aromatic N) is 4. The van der Waals surface area contributed by atoms with Gasteiger partial charge in [0.2, 0.25) is 5.16 Å². The summed E-state index contributed by atoms with van der Waals surface area (Å²) < 4.78 is 7.49. The summed E-state index contributed by atoms with van der Waals surface area (Å²) in [6.07, 6.45) is 3.59. The average molecular weight is 369 g/mol. The zero-order valence-electron chi connectivity index (χ0n) is 15.2. The zero-order chi connectivity index (χ0) is 18.5. The number of hydrogen-bond acceptors (Lipinski definition) is 6. The summed E-state index contributed by atoms with van der Waals surface area (Å²) in [6, 6.07) is 10.2. The zero-order valence-corrected chi connectivity index (χ0v) is 16.0. The van der Waals surface area contributed by atoms with E-state index in [2.05, 4.69) is 48.1 Å². The Balaban J connectivity index is 1.66. The van der Waals surface area contributed by atoms with Gasteiger partial charge in [-0.15, -0.1) is 10.2 Å². The molecule has 2 heterocycles. The lowest BCUT2D eigenvalue weighted by molar-refractivity contribution is 0.287. The molecule has 0 amide bonds. The minimum Gasteiger partial charge on any atom is -0.485 e. The van der Waals surface area contributed by atoms with E-state index in [0.717, 1.165) is 22.6 Å². The van der Waals surface area contributed by atoms with Gasteiger partial charge in [-0.3, -0.25) is 4.98 Å². The second kappa shape index (κ2) is 8.23. The molecule has 0 saturated heterocycles. The molecule has 0 aliphatic carbocycles. The minimum atomic E-state index is 0.278. The third-order valence-electron chi connectivity index (χ3n) is 3.97. The predicted octanol–water partition coefficient (Wildman–Crippen LogP) is 3.69. The Morgan fingerprint density at radius 2 is 2.08 bits per heavy atom. The second-order valence-corrected chi connectivity index (χ2v) is 7.35. The lowest BCUT2D eigenvalue weighted by atomic mass is 10.0. The summed E-state index contributed by atoms with van der Waals surface area (Å²) in [5.41, 5.74) is 3.44. The summed E-state index contributed by atoms with van der Waals surface area (Å²) in [4.78, 5) is 4.11. The van der Waals surface area contributed by atoms with Gasteiger partial charge in [0, 0.05) is 18.1 Å². The SMILES string of the molecule is Cc1ccc(C(C)C)c(OCc2nnc(SCc3cccnc3)n2N)c1. The van der Waals surface area contributed by atoms with Gasteiger partial charge < -0.3 is 10.6 Å². The number of benzene rings is 1. The highest BCUT2D eigenvalue weighted by Gasteiger charge is 2.13. The van der Waals surface area contributed by atoms with Crippen molar-refractivity contribution in [2.24, 2.45) is 0 Å². The highest BCUT2D eigenvalue weighted by Crippen LogP contribution is 2.28. The van der Waals surface area contributed by atoms with Crippen LogP contribution in [-0.2, 0) is 12.4 Å². The van der Waals surface area contributed by atoms with Crippen molar-refractivity contribution in [2.45, 2.75) is 44.2 Å². The average Bonchev–Trinajstić information content (AvgIpc) is 2.98. The van der Waals surface area contributed by atoms with Gasteiger partial charge in [-0.25, -0.2) is 4.68 Å². The van der Waals surface area contributed by atoms with Crippen molar-refractivity contribution < 1.29 is 4.74 Å². The molecule has 0 bridgehead atoms. The fourth-order valence-electron chi connectivity index (χ4n) is 2.52. The number of ether oxygens (including phenoxy) is 1. The van der Waals surface area contributed by atoms with Gasteiger partial charge in [0.1, 0.15) is 12.4 Å². The molecule has 136 valence electrons. The Morgan fingerprint density at radius 3 is 2.81 bits per heavy atom. The molecule has 0 aliphatic rings. The second-order valence-electron chi connectivity index (χ2n) is 6.40. The van der Waals surface area contributed by atoms with Crippen LogP contribution in [-0.4, -0.2) is 19.9 Å². The molecular formula is C19H23N5OS. The first-order chi connectivity index (χ1) is 12.5. The van der Waals surface area contributed by atoms with Crippen molar-refractivity contribution in [3.8, 4) is 5.75 Å². The summed E-state index contributed by atoms with van der Waals surface area (Å²) in [6.45, 7) is 6.63. The van der Waals surface area contributed by atoms with Gasteiger partial charge in [-0.1, -0.05) is 43.8 Å². The van der Waals surface area contributed by atoms with Crippen LogP contribution in [0.1, 0.15) is 42.3 Å². The van der Waals surface area contributed by atoms with Crippen molar-refractivity contribution >= 4 is 11.8 Å². The largest absolute Gasteiger partial charge is 0.485 e. The van der Waals surface area contributed by atoms with Crippen molar-refractivity contribution in [2.75, 3.05) is 5.84 Å². The third-order valence-corrected chi connectivity index (χ3v) is 4.99. The molecular weight excluding hydrogens is 346 g/mol. The van der Waals surface area contributed by atoms with Gasteiger partial charge in [-0.05, 0) is 41.7 Å². The van der Waals surface area contributed by atoms with Gasteiger partial charge in [0.25, 0.3) is 0 Å². The lowest BCUT2D eigenvalue weighted by Gasteiger charge is -2.14. The molecule has 0 aliphatic heterocycles. The molecule has 2 N–H and O–H groups in total. The van der Waals surface area contributed by atoms with Crippen LogP contribution < -0.4 is 10.6 Å². The molecule has 2 aromatic heterocycles. The van der Waals surface area contributed by atoms with Crippen LogP contribution in [0.15, 0.2) is 47.9 Å². The number of rotatable bonds is 7. The fourth-order valence-corrected chi connectivity index (χ4v) is 3.33. The molecule has 3 aromatic rings. The number of thioether (sulfide) groups is 1. The lowest BCUT2D eigenvalue weighted by Crippen LogP contribution is -2.16. The molecule has 0 atom stereocenters. The van der Waals surface area contributed by atoms with E-state index in [1.54, 1.807) is 6.20 Å². The molecule has 7 heteroatoms. The van der Waals surface area contributed by atoms with Gasteiger partial charge in [0.05, 0.1) is 0 Å². The van der Waals surface area contributed by atoms with Crippen molar-refractivity contribution in [3.63, 3.8) is 0 Å². The number of nitrogen functional groups attached to an aromatic ring is 1. The summed E-state index contributed by atoms with van der Waals surface area (Å²) in [7, 11) is 0. The van der Waals surface area contributed by atoms with Gasteiger partial charge in [-0.2, -0.15) is 0 Å². The van der Waals surface area contributed by atoms with Crippen LogP contribution in [0.5, 0.6) is 5.75 Å². The Morgan fingerprint density at radius 1 is 1.23 bits per heavy atom. The predicted molar refractivity (Wildman–Crippen MR) is 104 cm³/mol. The molecule has 6 nitrogen and oxygen atoms in total. The molecule has 0 unspecified atom stereocenters. The first kappa shape index (κ1) is 18.3. The topological polar surface area (TPSA) is 78.9 Å². The molecule has 1 aromatic carbocycles. The summed E-state index contributed by atoms with van der Waals surface area (Å²) >= 11 is 1.52. The molecule has 26 heavy (non-hydrogen) atoms. The van der Waals surface area contributed by atoms with E-state index >= 15 is 0 Å². The number of hydrogen-bond donors (Lipinski definition) is 1. The van der Waals surface area contributed by atoms with Crippen molar-refractivity contribution in [3.05, 3.63) is 65.2 Å². The molecule has 0 saturated carbocycles. The molecule has 3 rings (SSSR count). The Labute approximate surface area is 157 Å². The van der Waals surface area contributed by atoms with E-state index in [-0.39, 0.29) is 6.61 Å². The molecule has 0 fully saturated rings. The normalized spacial score (nSPS) is 11.1. The van der Waals surface area contributed by atoms with Crippen LogP contribution >= 0.6 is 11.8 Å². The van der Waals surface area contributed by atoms with Gasteiger partial charge >= 0.3 is 0 Å². The van der Waals surface area contributed by atoms with E-state index in [0.29, 0.717) is 16.9 Å². The maximum absolute atomic E-state index is 6.13. The van der Waals surface area contributed by atoms with Crippen LogP contribution in [0.25, 0.3) is 0 Å². The summed E-state index contributed by atoms with van der Waals surface area (Å²) in [5.74, 6) is 8.71. The standard InChI is InChI=1S/C19H23N5OS/c1-13(2)16-7-6-14(3)9-17(16)25-11-18-22-23-19(24(18)20)26-12-15-5-4-8-21-10-15/h4-10,13H,11-12,20H2,1-3H3. The highest BCUT2D eigenvalue weighted by molar-refractivity contribution is 7.98. The first-order valence-electron chi connectivity index (χ1n) is 8.49. The maximum Gasteiger partial charge on any atom is 0.210 e. The quantitative estimate of drug-likeness (QED) is 0.505. The van der Waals surface area contributed by atoms with Crippen LogP contribution in [0, 0.1) is 6.92 Å². The monoisotopic (exact) mass is 369 g/mol. The summed E-state index contributed by atoms with van der Waals surface area (Å²) in [5, 5.41) is 8.99. The van der Waals surface area contributed by atoms with E-state index in [4.69, 9.17) is 10.6 Å². The Bertz CT molecular complexity index is 864. The maximum atomic E-state index is 6.13. The number of aromatic nitrogens is 4. The van der Waals surface area contributed by atoms with Crippen LogP contribution in [0.4, 0.5) is 0 Å². The van der Waals surface area contributed by atoms with Crippen LogP contribution in [0.2, 0.25) is 0 Å². The van der Waals surface area contributed by atoms with Crippen molar-refractivity contribution in [1.29, 1.82) is 0 Å². The van der Waals surface area contributed by atoms with Crippen LogP contribution in [0.3, 0.4) is 0 Å². The Kier molecular flexibility index (Phi) is 5.78. The van der Waals surface area contributed by atoms with E-state index < -0.39 is 0 Å². The minimum absolute atomic E-state index is 0.278. The number of aryl methyl sites for hydroxylation is 1. The fraction of sp³-hybridized carbons (Fsp3) is 0.316. The van der Waals surface area contributed by atoms with E-state index in [9.17, 15) is 0 Å². The molecule has 0 spiro atoms. The third kappa shape index (κ3) is 4.35. The number of nitrogens with two attached hydrogens (primary N) is 1. The van der Waals surface area contributed by atoms with E-state index in [1.165, 1.54) is 22.0 Å². The Hall–Kier alpha value is -2.54. The van der Waals surface area contributed by atoms with Crippen molar-refractivity contribution in [1.82, 2.24) is 19.9 Å². The first-order valence-corrected chi connectivity index (χ1v) is 9.47. The van der Waals surface area contributed by atoms with E-state index in [1.807, 2.05) is 24.4 Å². The number of pyridine rings is 1.